The molecule has 26 heavy (non-hydrogen) atoms. The Hall–Kier alpha value is -2.81. The van der Waals surface area contributed by atoms with Crippen LogP contribution in [-0.2, 0) is 0 Å². The fraction of sp³-hybridized carbons (Fsp3) is 0.261. The summed E-state index contributed by atoms with van der Waals surface area (Å²) < 4.78 is 0. The first-order valence-corrected chi connectivity index (χ1v) is 9.33. The van der Waals surface area contributed by atoms with Crippen LogP contribution in [-0.4, -0.2) is 21.3 Å². The summed E-state index contributed by atoms with van der Waals surface area (Å²) in [5, 5.41) is 1.28. The van der Waals surface area contributed by atoms with Gasteiger partial charge in [0.25, 0.3) is 0 Å². The number of aromatic nitrogens is 1. The molecule has 5 rings (SSSR count). The van der Waals surface area contributed by atoms with Crippen LogP contribution in [0.2, 0.25) is 0 Å². The number of nitrogens with one attached hydrogen (secondary N) is 1. The molecular weight excluding hydrogens is 318 g/mol. The molecule has 3 aromatic rings. The van der Waals surface area contributed by atoms with Crippen LogP contribution in [0.1, 0.15) is 49.4 Å². The van der Waals surface area contributed by atoms with E-state index in [9.17, 15) is 0 Å². The van der Waals surface area contributed by atoms with Gasteiger partial charge in [0.05, 0.1) is 11.6 Å². The highest BCUT2D eigenvalue weighted by Gasteiger charge is 2.34. The largest absolute Gasteiger partial charge is 0.361 e. The molecule has 3 nitrogen and oxygen atoms in total. The number of H-pyrrole nitrogens is 1. The molecule has 2 aliphatic rings. The number of amidine groups is 1. The Kier molecular flexibility index (Phi) is 3.33. The molecule has 3 heterocycles. The predicted molar refractivity (Wildman–Crippen MR) is 108 cm³/mol. The standard InChI is InChI=1S/C23H23N3/c1-23(2)13-11-21(25-23)26-14-12-16-7-3-4-8-17(16)22(26)19-15-24-20-10-6-5-9-18(19)20/h3-10,12,14-15,22,24H,11,13H2,1-2H3. The van der Waals surface area contributed by atoms with Gasteiger partial charge in [-0.25, -0.2) is 0 Å². The second-order valence-electron chi connectivity index (χ2n) is 7.88. The van der Waals surface area contributed by atoms with Crippen LogP contribution in [0.3, 0.4) is 0 Å². The van der Waals surface area contributed by atoms with Gasteiger partial charge in [0.2, 0.25) is 0 Å². The van der Waals surface area contributed by atoms with Crippen LogP contribution in [0.25, 0.3) is 17.0 Å². The molecule has 0 radical (unpaired) electrons. The van der Waals surface area contributed by atoms with E-state index in [0.29, 0.717) is 0 Å². The van der Waals surface area contributed by atoms with E-state index in [4.69, 9.17) is 4.99 Å². The van der Waals surface area contributed by atoms with Gasteiger partial charge in [-0.3, -0.25) is 4.99 Å². The predicted octanol–water partition coefficient (Wildman–Crippen LogP) is 5.51. The Balaban J connectivity index is 1.71. The third-order valence-corrected chi connectivity index (χ3v) is 5.59. The van der Waals surface area contributed by atoms with Crippen molar-refractivity contribution in [3.8, 4) is 0 Å². The SMILES string of the molecule is CC1(C)CCC(N2C=Cc3ccccc3C2c2c[nH]c3ccccc23)=N1. The van der Waals surface area contributed by atoms with Crippen molar-refractivity contribution in [1.82, 2.24) is 9.88 Å². The van der Waals surface area contributed by atoms with E-state index in [1.165, 1.54) is 33.4 Å². The summed E-state index contributed by atoms with van der Waals surface area (Å²) in [5.74, 6) is 1.19. The molecule has 1 N–H and O–H groups in total. The molecule has 0 bridgehead atoms. The van der Waals surface area contributed by atoms with Crippen molar-refractivity contribution in [2.24, 2.45) is 4.99 Å². The van der Waals surface area contributed by atoms with Crippen LogP contribution < -0.4 is 0 Å². The topological polar surface area (TPSA) is 31.4 Å². The molecular formula is C23H23N3. The van der Waals surface area contributed by atoms with Crippen molar-refractivity contribution < 1.29 is 0 Å². The summed E-state index contributed by atoms with van der Waals surface area (Å²) in [4.78, 5) is 10.9. The van der Waals surface area contributed by atoms with Gasteiger partial charge >= 0.3 is 0 Å². The number of aliphatic imine (C=N–C) groups is 1. The van der Waals surface area contributed by atoms with E-state index < -0.39 is 0 Å². The number of rotatable bonds is 1. The average molecular weight is 341 g/mol. The quantitative estimate of drug-likeness (QED) is 0.621. The smallest absolute Gasteiger partial charge is 0.104 e. The molecule has 1 unspecified atom stereocenters. The second kappa shape index (κ2) is 5.60. The fourth-order valence-corrected chi connectivity index (χ4v) is 4.25. The molecule has 2 aromatic carbocycles. The van der Waals surface area contributed by atoms with Gasteiger partial charge in [0, 0.05) is 35.3 Å². The second-order valence-corrected chi connectivity index (χ2v) is 7.88. The number of benzene rings is 2. The summed E-state index contributed by atoms with van der Waals surface area (Å²) in [5.41, 5.74) is 5.15. The van der Waals surface area contributed by atoms with Crippen LogP contribution >= 0.6 is 0 Å². The molecule has 130 valence electrons. The lowest BCUT2D eigenvalue weighted by molar-refractivity contribution is 0.462. The fourth-order valence-electron chi connectivity index (χ4n) is 4.25. The molecule has 1 atom stereocenters. The third kappa shape index (κ3) is 2.38. The number of fused-ring (bicyclic) bond motifs is 2. The first kappa shape index (κ1) is 15.4. The third-order valence-electron chi connectivity index (χ3n) is 5.59. The number of para-hydroxylation sites is 1. The lowest BCUT2D eigenvalue weighted by atomic mass is 9.90. The first-order valence-electron chi connectivity index (χ1n) is 9.33. The lowest BCUT2D eigenvalue weighted by Crippen LogP contribution is -2.32. The minimum Gasteiger partial charge on any atom is -0.361 e. The van der Waals surface area contributed by atoms with Gasteiger partial charge in [0.1, 0.15) is 5.84 Å². The maximum Gasteiger partial charge on any atom is 0.104 e. The van der Waals surface area contributed by atoms with Gasteiger partial charge in [-0.2, -0.15) is 0 Å². The molecule has 2 aliphatic heterocycles. The highest BCUT2D eigenvalue weighted by atomic mass is 15.2. The van der Waals surface area contributed by atoms with E-state index >= 15 is 0 Å². The highest BCUT2D eigenvalue weighted by Crippen LogP contribution is 2.41. The maximum absolute atomic E-state index is 5.04. The van der Waals surface area contributed by atoms with Crippen LogP contribution in [0.5, 0.6) is 0 Å². The summed E-state index contributed by atoms with van der Waals surface area (Å²) >= 11 is 0. The van der Waals surface area contributed by atoms with Gasteiger partial charge in [-0.15, -0.1) is 0 Å². The van der Waals surface area contributed by atoms with Crippen molar-refractivity contribution in [2.45, 2.75) is 38.3 Å². The number of nitrogens with zero attached hydrogens (tertiary/aromatic N) is 2. The van der Waals surface area contributed by atoms with Crippen LogP contribution in [0.4, 0.5) is 0 Å². The molecule has 0 spiro atoms. The van der Waals surface area contributed by atoms with Gasteiger partial charge in [-0.1, -0.05) is 42.5 Å². The van der Waals surface area contributed by atoms with E-state index in [1.54, 1.807) is 0 Å². The molecule has 0 aliphatic carbocycles. The van der Waals surface area contributed by atoms with Crippen LogP contribution in [0.15, 0.2) is 65.9 Å². The van der Waals surface area contributed by atoms with E-state index in [0.717, 1.165) is 12.8 Å². The zero-order valence-electron chi connectivity index (χ0n) is 15.2. The van der Waals surface area contributed by atoms with Gasteiger partial charge < -0.3 is 9.88 Å². The molecule has 0 saturated heterocycles. The molecule has 1 aromatic heterocycles. The number of hydrogen-bond acceptors (Lipinski definition) is 2. The Morgan fingerprint density at radius 3 is 2.69 bits per heavy atom. The van der Waals surface area contributed by atoms with Gasteiger partial charge in [0.15, 0.2) is 0 Å². The van der Waals surface area contributed by atoms with Crippen molar-refractivity contribution in [3.63, 3.8) is 0 Å². The molecule has 3 heteroatoms. The first-order chi connectivity index (χ1) is 12.6. The monoisotopic (exact) mass is 341 g/mol. The van der Waals surface area contributed by atoms with E-state index in [2.05, 4.69) is 90.7 Å². The van der Waals surface area contributed by atoms with E-state index in [1.807, 2.05) is 0 Å². The molecule has 0 fully saturated rings. The zero-order valence-corrected chi connectivity index (χ0v) is 15.2. The van der Waals surface area contributed by atoms with Crippen LogP contribution in [0, 0.1) is 0 Å². The normalized spacial score (nSPS) is 21.1. The minimum absolute atomic E-state index is 0.0326. The minimum atomic E-state index is 0.0326. The molecule has 0 saturated carbocycles. The van der Waals surface area contributed by atoms with Crippen molar-refractivity contribution in [1.29, 1.82) is 0 Å². The summed E-state index contributed by atoms with van der Waals surface area (Å²) in [7, 11) is 0. The van der Waals surface area contributed by atoms with Crippen molar-refractivity contribution in [2.75, 3.05) is 0 Å². The summed E-state index contributed by atoms with van der Waals surface area (Å²) in [6, 6.07) is 17.4. The van der Waals surface area contributed by atoms with Gasteiger partial charge in [-0.05, 0) is 43.5 Å². The summed E-state index contributed by atoms with van der Waals surface area (Å²) in [6.45, 7) is 4.45. The Bertz CT molecular complexity index is 1040. The van der Waals surface area contributed by atoms with Crippen molar-refractivity contribution in [3.05, 3.63) is 77.6 Å². The Labute approximate surface area is 154 Å². The highest BCUT2D eigenvalue weighted by molar-refractivity contribution is 5.90. The summed E-state index contributed by atoms with van der Waals surface area (Å²) in [6.07, 6.45) is 8.73. The average Bonchev–Trinajstić information content (AvgIpc) is 3.24. The number of hydrogen-bond donors (Lipinski definition) is 1. The van der Waals surface area contributed by atoms with Crippen molar-refractivity contribution >= 4 is 22.8 Å². The maximum atomic E-state index is 5.04. The zero-order chi connectivity index (χ0) is 17.7. The molecule has 0 amide bonds. The Morgan fingerprint density at radius 2 is 1.85 bits per heavy atom. The lowest BCUT2D eigenvalue weighted by Gasteiger charge is -2.35. The van der Waals surface area contributed by atoms with E-state index in [-0.39, 0.29) is 11.6 Å². The number of aromatic amines is 1. The Morgan fingerprint density at radius 1 is 1.04 bits per heavy atom.